The third-order valence-electron chi connectivity index (χ3n) is 1.74. The van der Waals surface area contributed by atoms with Crippen LogP contribution in [0.15, 0.2) is 27.1 Å². The van der Waals surface area contributed by atoms with Crippen molar-refractivity contribution >= 4 is 43.5 Å². The Morgan fingerprint density at radius 3 is 2.73 bits per heavy atom. The Kier molecular flexibility index (Phi) is 5.28. The summed E-state index contributed by atoms with van der Waals surface area (Å²) in [6.07, 6.45) is 0. The number of carbonyl (C=O) groups is 1. The van der Waals surface area contributed by atoms with E-state index in [0.717, 1.165) is 21.2 Å². The van der Waals surface area contributed by atoms with E-state index in [2.05, 4.69) is 42.5 Å². The molecule has 15 heavy (non-hydrogen) atoms. The van der Waals surface area contributed by atoms with Crippen molar-refractivity contribution in [2.45, 2.75) is 6.92 Å². The van der Waals surface area contributed by atoms with Crippen LogP contribution in [0, 0.1) is 0 Å². The van der Waals surface area contributed by atoms with E-state index in [1.165, 1.54) is 0 Å². The number of hydrogen-bond donors (Lipinski definition) is 2. The lowest BCUT2D eigenvalue weighted by atomic mass is 10.3. The van der Waals surface area contributed by atoms with Crippen LogP contribution >= 0.6 is 31.9 Å². The molecule has 0 spiro atoms. The molecule has 0 aromatic heterocycles. The summed E-state index contributed by atoms with van der Waals surface area (Å²) in [6.45, 7) is 3.08. The predicted molar refractivity (Wildman–Crippen MR) is 69.0 cm³/mol. The van der Waals surface area contributed by atoms with E-state index in [0.29, 0.717) is 6.54 Å². The lowest BCUT2D eigenvalue weighted by Gasteiger charge is -2.07. The molecule has 82 valence electrons. The van der Waals surface area contributed by atoms with Crippen LogP contribution < -0.4 is 10.6 Å². The maximum Gasteiger partial charge on any atom is 0.238 e. The molecule has 0 radical (unpaired) electrons. The van der Waals surface area contributed by atoms with Crippen LogP contribution in [-0.4, -0.2) is 19.0 Å². The normalized spacial score (nSPS) is 10.1. The molecule has 0 saturated heterocycles. The Bertz CT molecular complexity index is 355. The molecular formula is C10H12Br2N2O. The van der Waals surface area contributed by atoms with Gasteiger partial charge in [-0.3, -0.25) is 4.79 Å². The van der Waals surface area contributed by atoms with E-state index in [-0.39, 0.29) is 5.91 Å². The predicted octanol–water partition coefficient (Wildman–Crippen LogP) is 2.76. The quantitative estimate of drug-likeness (QED) is 0.888. The van der Waals surface area contributed by atoms with Crippen molar-refractivity contribution in [1.82, 2.24) is 5.32 Å². The SMILES string of the molecule is CCNCC(=O)Nc1ccc(Br)cc1Br. The number of anilines is 1. The highest BCUT2D eigenvalue weighted by Crippen LogP contribution is 2.25. The molecule has 0 saturated carbocycles. The van der Waals surface area contributed by atoms with Gasteiger partial charge in [0.1, 0.15) is 0 Å². The molecule has 1 aromatic carbocycles. The van der Waals surface area contributed by atoms with Crippen LogP contribution in [-0.2, 0) is 4.79 Å². The monoisotopic (exact) mass is 334 g/mol. The highest BCUT2D eigenvalue weighted by Gasteiger charge is 2.04. The van der Waals surface area contributed by atoms with Crippen LogP contribution in [0.4, 0.5) is 5.69 Å². The third kappa shape index (κ3) is 4.32. The summed E-state index contributed by atoms with van der Waals surface area (Å²) >= 11 is 6.73. The van der Waals surface area contributed by atoms with Gasteiger partial charge in [0.2, 0.25) is 5.91 Å². The van der Waals surface area contributed by atoms with Crippen LogP contribution in [0.3, 0.4) is 0 Å². The molecule has 0 heterocycles. The van der Waals surface area contributed by atoms with E-state index in [1.54, 1.807) is 0 Å². The van der Waals surface area contributed by atoms with Crippen molar-refractivity contribution in [3.8, 4) is 0 Å². The topological polar surface area (TPSA) is 41.1 Å². The molecule has 0 atom stereocenters. The molecular weight excluding hydrogens is 324 g/mol. The number of nitrogens with one attached hydrogen (secondary N) is 2. The van der Waals surface area contributed by atoms with Crippen molar-refractivity contribution in [2.24, 2.45) is 0 Å². The Labute approximate surface area is 106 Å². The Balaban J connectivity index is 2.60. The van der Waals surface area contributed by atoms with Gasteiger partial charge in [0, 0.05) is 8.95 Å². The summed E-state index contributed by atoms with van der Waals surface area (Å²) in [4.78, 5) is 11.4. The van der Waals surface area contributed by atoms with Crippen LogP contribution in [0.5, 0.6) is 0 Å². The van der Waals surface area contributed by atoms with Gasteiger partial charge in [0.05, 0.1) is 12.2 Å². The number of likely N-dealkylation sites (N-methyl/N-ethyl adjacent to an activating group) is 1. The highest BCUT2D eigenvalue weighted by molar-refractivity contribution is 9.11. The van der Waals surface area contributed by atoms with Crippen LogP contribution in [0.25, 0.3) is 0 Å². The number of amides is 1. The fourth-order valence-corrected chi connectivity index (χ4v) is 2.17. The van der Waals surface area contributed by atoms with E-state index in [9.17, 15) is 4.79 Å². The van der Waals surface area contributed by atoms with Crippen LogP contribution in [0.1, 0.15) is 6.92 Å². The standard InChI is InChI=1S/C10H12Br2N2O/c1-2-13-6-10(15)14-9-4-3-7(11)5-8(9)12/h3-5,13H,2,6H2,1H3,(H,14,15). The summed E-state index contributed by atoms with van der Waals surface area (Å²) < 4.78 is 1.83. The minimum atomic E-state index is -0.0418. The average Bonchev–Trinajstić information content (AvgIpc) is 2.19. The van der Waals surface area contributed by atoms with Gasteiger partial charge in [-0.1, -0.05) is 22.9 Å². The molecule has 3 nitrogen and oxygen atoms in total. The van der Waals surface area contributed by atoms with Crippen molar-refractivity contribution in [2.75, 3.05) is 18.4 Å². The van der Waals surface area contributed by atoms with Crippen molar-refractivity contribution < 1.29 is 4.79 Å². The molecule has 1 aromatic rings. The number of hydrogen-bond acceptors (Lipinski definition) is 2. The smallest absolute Gasteiger partial charge is 0.238 e. The van der Waals surface area contributed by atoms with Gasteiger partial charge in [-0.15, -0.1) is 0 Å². The highest BCUT2D eigenvalue weighted by atomic mass is 79.9. The molecule has 5 heteroatoms. The van der Waals surface area contributed by atoms with Gasteiger partial charge in [-0.2, -0.15) is 0 Å². The molecule has 0 fully saturated rings. The summed E-state index contributed by atoms with van der Waals surface area (Å²) in [5.41, 5.74) is 0.779. The first-order valence-electron chi connectivity index (χ1n) is 4.59. The lowest BCUT2D eigenvalue weighted by molar-refractivity contribution is -0.115. The molecule has 0 aliphatic heterocycles. The number of halogens is 2. The Morgan fingerprint density at radius 2 is 2.13 bits per heavy atom. The zero-order valence-electron chi connectivity index (χ0n) is 8.31. The largest absolute Gasteiger partial charge is 0.324 e. The first-order chi connectivity index (χ1) is 7.13. The van der Waals surface area contributed by atoms with Crippen molar-refractivity contribution in [1.29, 1.82) is 0 Å². The van der Waals surface area contributed by atoms with Gasteiger partial charge >= 0.3 is 0 Å². The molecule has 0 bridgehead atoms. The van der Waals surface area contributed by atoms with E-state index in [4.69, 9.17) is 0 Å². The van der Waals surface area contributed by atoms with E-state index >= 15 is 0 Å². The zero-order chi connectivity index (χ0) is 11.3. The van der Waals surface area contributed by atoms with Gasteiger partial charge < -0.3 is 10.6 Å². The molecule has 1 amide bonds. The van der Waals surface area contributed by atoms with Gasteiger partial charge in [0.25, 0.3) is 0 Å². The number of carbonyl (C=O) groups excluding carboxylic acids is 1. The molecule has 0 aliphatic rings. The zero-order valence-corrected chi connectivity index (χ0v) is 11.5. The Hall–Kier alpha value is -0.390. The van der Waals surface area contributed by atoms with Gasteiger partial charge in [-0.25, -0.2) is 0 Å². The molecule has 1 rings (SSSR count). The maximum atomic E-state index is 11.4. The van der Waals surface area contributed by atoms with Gasteiger partial charge in [-0.05, 0) is 40.7 Å². The molecule has 0 unspecified atom stereocenters. The second-order valence-electron chi connectivity index (χ2n) is 2.95. The second-order valence-corrected chi connectivity index (χ2v) is 4.72. The summed E-state index contributed by atoms with van der Waals surface area (Å²) in [7, 11) is 0. The van der Waals surface area contributed by atoms with Gasteiger partial charge in [0.15, 0.2) is 0 Å². The minimum absolute atomic E-state index is 0.0418. The third-order valence-corrected chi connectivity index (χ3v) is 2.89. The minimum Gasteiger partial charge on any atom is -0.324 e. The van der Waals surface area contributed by atoms with E-state index < -0.39 is 0 Å². The average molecular weight is 336 g/mol. The number of rotatable bonds is 4. The Morgan fingerprint density at radius 1 is 1.40 bits per heavy atom. The first-order valence-corrected chi connectivity index (χ1v) is 6.17. The summed E-state index contributed by atoms with van der Waals surface area (Å²) in [5, 5.41) is 5.77. The fourth-order valence-electron chi connectivity index (χ4n) is 1.02. The molecule has 2 N–H and O–H groups in total. The maximum absolute atomic E-state index is 11.4. The summed E-state index contributed by atoms with van der Waals surface area (Å²) in [5.74, 6) is -0.0418. The fraction of sp³-hybridized carbons (Fsp3) is 0.300. The lowest BCUT2D eigenvalue weighted by Crippen LogP contribution is -2.27. The van der Waals surface area contributed by atoms with Crippen molar-refractivity contribution in [3.63, 3.8) is 0 Å². The van der Waals surface area contributed by atoms with Crippen molar-refractivity contribution in [3.05, 3.63) is 27.1 Å². The molecule has 0 aliphatic carbocycles. The van der Waals surface area contributed by atoms with Crippen LogP contribution in [0.2, 0.25) is 0 Å². The first kappa shape index (κ1) is 12.7. The van der Waals surface area contributed by atoms with E-state index in [1.807, 2.05) is 25.1 Å². The summed E-state index contributed by atoms with van der Waals surface area (Å²) in [6, 6.07) is 5.62. The second kappa shape index (κ2) is 6.25. The number of benzene rings is 1.